The predicted octanol–water partition coefficient (Wildman–Crippen LogP) is -0.587. The van der Waals surface area contributed by atoms with Crippen molar-refractivity contribution < 1.29 is 49.6 Å². The van der Waals surface area contributed by atoms with Gasteiger partial charge in [0.15, 0.2) is 5.82 Å². The fourth-order valence-electron chi connectivity index (χ4n) is 11.5. The van der Waals surface area contributed by atoms with Gasteiger partial charge in [-0.2, -0.15) is 5.21 Å². The number of rotatable bonds is 5. The van der Waals surface area contributed by atoms with Crippen LogP contribution in [0.4, 0.5) is 0 Å². The van der Waals surface area contributed by atoms with E-state index in [0.29, 0.717) is 18.7 Å². The number of aliphatic hydroxyl groups is 6. The van der Waals surface area contributed by atoms with Gasteiger partial charge in [-0.15, -0.1) is 10.2 Å². The summed E-state index contributed by atoms with van der Waals surface area (Å²) in [4.78, 5) is 0. The second kappa shape index (κ2) is 10.1. The molecule has 5 heterocycles. The number of ether oxygens (including phenoxy) is 4. The standard InChI is InChI=1S/C31H48N4O10/c1-14-8-6-4-5-7-9-18(38)31-43-24-21-25-28(13-37,42-25)26(40)29(41)22(20(14)16(3)23(29)39)30(21,45-31)17(12-36)11-27(24,44-31)15(2)10-19-32-34-35-33-19/h14-18,20-26,36-41H,4-13H2,1-3H3,(H,32,33,34,35)/t14-,15?,16-,17?,18?,20?,21?,22?,23-,24?,25?,26+,27?,28-,29+,30?,31?/m0/s1. The summed E-state index contributed by atoms with van der Waals surface area (Å²) in [5, 5.41) is 85.7. The lowest BCUT2D eigenvalue weighted by atomic mass is 9.50. The molecule has 14 heteroatoms. The predicted molar refractivity (Wildman–Crippen MR) is 152 cm³/mol. The van der Waals surface area contributed by atoms with Gasteiger partial charge in [-0.05, 0) is 36.5 Å². The Morgan fingerprint density at radius 2 is 1.76 bits per heavy atom. The van der Waals surface area contributed by atoms with Crippen molar-refractivity contribution >= 4 is 0 Å². The van der Waals surface area contributed by atoms with E-state index in [-0.39, 0.29) is 30.8 Å². The highest BCUT2D eigenvalue weighted by atomic mass is 16.9. The Morgan fingerprint density at radius 3 is 2.44 bits per heavy atom. The van der Waals surface area contributed by atoms with Gasteiger partial charge in [0.05, 0.1) is 18.3 Å². The summed E-state index contributed by atoms with van der Waals surface area (Å²) in [5.41, 5.74) is -6.31. The molecule has 1 aromatic rings. The Labute approximate surface area is 261 Å². The highest BCUT2D eigenvalue weighted by Crippen LogP contribution is 2.75. The molecule has 0 aromatic carbocycles. The maximum atomic E-state index is 12.9. The third-order valence-corrected chi connectivity index (χ3v) is 13.6. The highest BCUT2D eigenvalue weighted by Gasteiger charge is 2.90. The summed E-state index contributed by atoms with van der Waals surface area (Å²) < 4.78 is 27.3. The highest BCUT2D eigenvalue weighted by molar-refractivity contribution is 5.36. The van der Waals surface area contributed by atoms with Crippen LogP contribution in [0.15, 0.2) is 0 Å². The van der Waals surface area contributed by atoms with Crippen LogP contribution in [0, 0.1) is 41.4 Å². The SMILES string of the molecule is CC(Cc1nn[nH]n1)C12CC(CO)C34OC5(OC1C3C1O[C@]1(CO)[C@@H](O)[C@@]1(O)C4C([C@@H](C)CCCCCCC5O)[C@H](C)[C@@H]1O)O2. The summed E-state index contributed by atoms with van der Waals surface area (Å²) in [5.74, 6) is -4.83. The minimum absolute atomic E-state index is 0.0196. The largest absolute Gasteiger partial charge is 0.396 e. The molecule has 3 bridgehead atoms. The number of tetrazole rings is 1. The number of nitrogens with one attached hydrogen (secondary N) is 1. The van der Waals surface area contributed by atoms with Gasteiger partial charge in [0.2, 0.25) is 0 Å². The zero-order valence-electron chi connectivity index (χ0n) is 26.2. The fraction of sp³-hybridized carbons (Fsp3) is 0.968. The molecule has 7 N–H and O–H groups in total. The van der Waals surface area contributed by atoms with E-state index in [4.69, 9.17) is 18.9 Å². The first-order chi connectivity index (χ1) is 21.5. The van der Waals surface area contributed by atoms with Crippen LogP contribution < -0.4 is 0 Å². The number of hydrogen-bond donors (Lipinski definition) is 7. The van der Waals surface area contributed by atoms with Crippen molar-refractivity contribution in [1.29, 1.82) is 0 Å². The second-order valence-corrected chi connectivity index (χ2v) is 15.5. The lowest BCUT2D eigenvalue weighted by Gasteiger charge is -2.62. The average Bonchev–Trinajstić information content (AvgIpc) is 3.34. The molecule has 4 saturated heterocycles. The Hall–Kier alpha value is -1.33. The van der Waals surface area contributed by atoms with E-state index in [9.17, 15) is 30.6 Å². The van der Waals surface area contributed by atoms with Gasteiger partial charge in [-0.1, -0.05) is 58.1 Å². The molecule has 3 saturated carbocycles. The Balaban J connectivity index is 1.38. The van der Waals surface area contributed by atoms with Gasteiger partial charge in [-0.25, -0.2) is 0 Å². The molecular weight excluding hydrogens is 588 g/mol. The number of H-pyrrole nitrogens is 1. The fourth-order valence-corrected chi connectivity index (χ4v) is 11.5. The number of hydrogen-bond acceptors (Lipinski definition) is 13. The van der Waals surface area contributed by atoms with Crippen molar-refractivity contribution in [3.63, 3.8) is 0 Å². The smallest absolute Gasteiger partial charge is 0.312 e. The molecule has 0 amide bonds. The molecule has 3 aliphatic carbocycles. The molecular formula is C31H48N4O10. The van der Waals surface area contributed by atoms with E-state index in [2.05, 4.69) is 27.5 Å². The van der Waals surface area contributed by atoms with Crippen molar-refractivity contribution in [3.05, 3.63) is 5.82 Å². The van der Waals surface area contributed by atoms with Gasteiger partial charge in [-0.3, -0.25) is 0 Å². The molecule has 0 radical (unpaired) electrons. The van der Waals surface area contributed by atoms with Crippen molar-refractivity contribution in [3.8, 4) is 0 Å². The Kier molecular flexibility index (Phi) is 6.95. The zero-order valence-corrected chi connectivity index (χ0v) is 26.2. The van der Waals surface area contributed by atoms with Crippen LogP contribution >= 0.6 is 0 Å². The summed E-state index contributed by atoms with van der Waals surface area (Å²) in [6, 6.07) is 0. The minimum Gasteiger partial charge on any atom is -0.396 e. The van der Waals surface area contributed by atoms with Crippen molar-refractivity contribution in [2.75, 3.05) is 13.2 Å². The first-order valence-corrected chi connectivity index (χ1v) is 16.9. The second-order valence-electron chi connectivity index (χ2n) is 15.5. The normalized spacial score (nSPS) is 57.3. The van der Waals surface area contributed by atoms with E-state index in [1.54, 1.807) is 0 Å². The molecule has 4 aliphatic heterocycles. The molecule has 11 unspecified atom stereocenters. The molecule has 1 aromatic heterocycles. The van der Waals surface area contributed by atoms with Crippen LogP contribution in [0.3, 0.4) is 0 Å². The Bertz CT molecular complexity index is 1290. The summed E-state index contributed by atoms with van der Waals surface area (Å²) in [6.45, 7) is 5.07. The minimum atomic E-state index is -2.16. The van der Waals surface area contributed by atoms with E-state index in [1.165, 1.54) is 0 Å². The first-order valence-electron chi connectivity index (χ1n) is 16.9. The lowest BCUT2D eigenvalue weighted by molar-refractivity contribution is -0.460. The van der Waals surface area contributed by atoms with Crippen LogP contribution in [0.2, 0.25) is 0 Å². The van der Waals surface area contributed by atoms with Crippen LogP contribution in [0.5, 0.6) is 0 Å². The molecule has 2 spiro atoms. The molecule has 45 heavy (non-hydrogen) atoms. The molecule has 7 aliphatic rings. The van der Waals surface area contributed by atoms with Gasteiger partial charge in [0, 0.05) is 30.8 Å². The number of aromatic amines is 1. The van der Waals surface area contributed by atoms with E-state index in [0.717, 1.165) is 32.1 Å². The lowest BCUT2D eigenvalue weighted by Crippen LogP contribution is -2.75. The number of aromatic nitrogens is 4. The molecule has 8 rings (SSSR count). The topological polar surface area (TPSA) is 216 Å². The van der Waals surface area contributed by atoms with Crippen LogP contribution in [-0.2, 0) is 25.4 Å². The average molecular weight is 637 g/mol. The molecule has 14 nitrogen and oxygen atoms in total. The van der Waals surface area contributed by atoms with E-state index >= 15 is 0 Å². The number of nitrogens with zero attached hydrogens (tertiary/aromatic N) is 3. The van der Waals surface area contributed by atoms with Crippen molar-refractivity contribution in [2.45, 2.75) is 131 Å². The molecule has 17 atom stereocenters. The number of epoxide rings is 1. The maximum Gasteiger partial charge on any atom is 0.312 e. The number of fused-ring (bicyclic) bond motifs is 1. The van der Waals surface area contributed by atoms with Crippen LogP contribution in [-0.4, -0.2) is 123 Å². The third kappa shape index (κ3) is 3.67. The maximum absolute atomic E-state index is 12.9. The van der Waals surface area contributed by atoms with Crippen LogP contribution in [0.1, 0.15) is 71.5 Å². The monoisotopic (exact) mass is 636 g/mol. The van der Waals surface area contributed by atoms with Crippen LogP contribution in [0.25, 0.3) is 0 Å². The summed E-state index contributed by atoms with van der Waals surface area (Å²) >= 11 is 0. The summed E-state index contributed by atoms with van der Waals surface area (Å²) in [7, 11) is 0. The van der Waals surface area contributed by atoms with Gasteiger partial charge < -0.3 is 49.6 Å². The summed E-state index contributed by atoms with van der Waals surface area (Å²) in [6.07, 6.45) is -0.494. The van der Waals surface area contributed by atoms with Gasteiger partial charge in [0.1, 0.15) is 41.2 Å². The zero-order chi connectivity index (χ0) is 31.7. The first kappa shape index (κ1) is 31.0. The van der Waals surface area contributed by atoms with E-state index < -0.39 is 89.2 Å². The van der Waals surface area contributed by atoms with E-state index in [1.807, 2.05) is 13.8 Å². The molecule has 7 fully saturated rings. The number of aliphatic hydroxyl groups excluding tert-OH is 5. The van der Waals surface area contributed by atoms with Crippen molar-refractivity contribution in [1.82, 2.24) is 20.6 Å². The Morgan fingerprint density at radius 1 is 1.00 bits per heavy atom. The third-order valence-electron chi connectivity index (χ3n) is 13.6. The van der Waals surface area contributed by atoms with Crippen molar-refractivity contribution in [2.24, 2.45) is 41.4 Å². The quantitative estimate of drug-likeness (QED) is 0.202. The molecule has 252 valence electrons. The van der Waals surface area contributed by atoms with Gasteiger partial charge >= 0.3 is 5.97 Å². The van der Waals surface area contributed by atoms with Gasteiger partial charge in [0.25, 0.3) is 0 Å².